The third-order valence-electron chi connectivity index (χ3n) is 4.24. The number of halogens is 2. The molecular weight excluding hydrogens is 331 g/mol. The lowest BCUT2D eigenvalue weighted by atomic mass is 9.96. The van der Waals surface area contributed by atoms with E-state index in [1.54, 1.807) is 12.4 Å². The van der Waals surface area contributed by atoms with Crippen LogP contribution >= 0.6 is 23.2 Å². The minimum Gasteiger partial charge on any atom is -0.368 e. The van der Waals surface area contributed by atoms with Crippen LogP contribution in [0.4, 0.5) is 5.82 Å². The summed E-state index contributed by atoms with van der Waals surface area (Å²) in [4.78, 5) is 10.7. The van der Waals surface area contributed by atoms with E-state index in [2.05, 4.69) is 26.3 Å². The van der Waals surface area contributed by atoms with Crippen LogP contribution < -0.4 is 5.32 Å². The molecular formula is C17H20Cl2N4. The van der Waals surface area contributed by atoms with Crippen molar-refractivity contribution < 1.29 is 0 Å². The Morgan fingerprint density at radius 1 is 1.13 bits per heavy atom. The van der Waals surface area contributed by atoms with Crippen LogP contribution in [0.2, 0.25) is 10.2 Å². The summed E-state index contributed by atoms with van der Waals surface area (Å²) in [6.45, 7) is 4.03. The molecule has 0 atom stereocenters. The van der Waals surface area contributed by atoms with Crippen molar-refractivity contribution in [3.8, 4) is 0 Å². The predicted octanol–water partition coefficient (Wildman–Crippen LogP) is 4.11. The molecule has 0 aliphatic carbocycles. The molecule has 0 spiro atoms. The Labute approximate surface area is 146 Å². The second-order valence-electron chi connectivity index (χ2n) is 5.92. The van der Waals surface area contributed by atoms with Crippen LogP contribution in [0.5, 0.6) is 0 Å². The first kappa shape index (κ1) is 16.5. The quantitative estimate of drug-likeness (QED) is 0.880. The maximum Gasteiger partial charge on any atom is 0.149 e. The van der Waals surface area contributed by atoms with Gasteiger partial charge in [0.1, 0.15) is 11.0 Å². The van der Waals surface area contributed by atoms with Crippen molar-refractivity contribution >= 4 is 29.0 Å². The van der Waals surface area contributed by atoms with Crippen LogP contribution in [0.1, 0.15) is 18.4 Å². The Morgan fingerprint density at radius 2 is 1.91 bits per heavy atom. The van der Waals surface area contributed by atoms with Crippen molar-refractivity contribution in [1.82, 2.24) is 14.9 Å². The molecule has 0 amide bonds. The lowest BCUT2D eigenvalue weighted by molar-refractivity contribution is 0.182. The third-order valence-corrected chi connectivity index (χ3v) is 4.79. The smallest absolute Gasteiger partial charge is 0.149 e. The highest BCUT2D eigenvalue weighted by Crippen LogP contribution is 2.22. The van der Waals surface area contributed by atoms with Gasteiger partial charge >= 0.3 is 0 Å². The molecule has 0 radical (unpaired) electrons. The zero-order chi connectivity index (χ0) is 16.1. The number of likely N-dealkylation sites (tertiary alicyclic amines) is 1. The molecule has 1 aliphatic rings. The summed E-state index contributed by atoms with van der Waals surface area (Å²) < 4.78 is 0. The Kier molecular flexibility index (Phi) is 5.70. The van der Waals surface area contributed by atoms with E-state index in [-0.39, 0.29) is 0 Å². The van der Waals surface area contributed by atoms with Crippen molar-refractivity contribution in [3.05, 3.63) is 52.4 Å². The zero-order valence-electron chi connectivity index (χ0n) is 12.9. The number of rotatable bonds is 5. The van der Waals surface area contributed by atoms with Gasteiger partial charge in [0.2, 0.25) is 0 Å². The largest absolute Gasteiger partial charge is 0.368 e. The van der Waals surface area contributed by atoms with Gasteiger partial charge in [-0.15, -0.1) is 0 Å². The number of piperidine rings is 1. The SMILES string of the molecule is Clc1cncc(NCC2CCN(Cc3ccccc3Cl)CC2)n1. The molecule has 1 aromatic carbocycles. The Balaban J connectivity index is 1.44. The first-order valence-electron chi connectivity index (χ1n) is 7.88. The molecule has 1 N–H and O–H groups in total. The van der Waals surface area contributed by atoms with Crippen LogP contribution in [0.15, 0.2) is 36.7 Å². The molecule has 4 nitrogen and oxygen atoms in total. The van der Waals surface area contributed by atoms with Gasteiger partial charge in [0.05, 0.1) is 12.4 Å². The molecule has 1 aliphatic heterocycles. The van der Waals surface area contributed by atoms with Gasteiger partial charge in [-0.3, -0.25) is 9.88 Å². The van der Waals surface area contributed by atoms with Crippen molar-refractivity contribution in [1.29, 1.82) is 0 Å². The first-order chi connectivity index (χ1) is 11.2. The van der Waals surface area contributed by atoms with Gasteiger partial charge in [0, 0.05) is 18.1 Å². The molecule has 6 heteroatoms. The average molecular weight is 351 g/mol. The fraction of sp³-hybridized carbons (Fsp3) is 0.412. The fourth-order valence-corrected chi connectivity index (χ4v) is 3.24. The van der Waals surface area contributed by atoms with Gasteiger partial charge in [-0.25, -0.2) is 4.98 Å². The summed E-state index contributed by atoms with van der Waals surface area (Å²) in [6, 6.07) is 8.08. The molecule has 3 rings (SSSR count). The maximum absolute atomic E-state index is 6.24. The monoisotopic (exact) mass is 350 g/mol. The number of benzene rings is 1. The highest BCUT2D eigenvalue weighted by molar-refractivity contribution is 6.31. The molecule has 2 heterocycles. The summed E-state index contributed by atoms with van der Waals surface area (Å²) in [7, 11) is 0. The topological polar surface area (TPSA) is 41.1 Å². The molecule has 2 aromatic rings. The number of aromatic nitrogens is 2. The van der Waals surface area contributed by atoms with E-state index in [9.17, 15) is 0 Å². The molecule has 1 fully saturated rings. The Hall–Kier alpha value is -1.36. The summed E-state index contributed by atoms with van der Waals surface area (Å²) in [5, 5.41) is 4.61. The van der Waals surface area contributed by atoms with E-state index in [1.807, 2.05) is 18.2 Å². The van der Waals surface area contributed by atoms with Gasteiger partial charge in [-0.2, -0.15) is 0 Å². The molecule has 1 aromatic heterocycles. The summed E-state index contributed by atoms with van der Waals surface area (Å²) in [6.07, 6.45) is 5.59. The lowest BCUT2D eigenvalue weighted by Gasteiger charge is -2.32. The van der Waals surface area contributed by atoms with E-state index in [0.717, 1.165) is 37.0 Å². The molecule has 0 unspecified atom stereocenters. The third kappa shape index (κ3) is 4.80. The minimum absolute atomic E-state index is 0.421. The van der Waals surface area contributed by atoms with Crippen molar-refractivity contribution in [2.24, 2.45) is 5.92 Å². The second kappa shape index (κ2) is 7.95. The van der Waals surface area contributed by atoms with Crippen LogP contribution in [-0.2, 0) is 6.54 Å². The van der Waals surface area contributed by atoms with Crippen molar-refractivity contribution in [2.75, 3.05) is 25.0 Å². The number of hydrogen-bond acceptors (Lipinski definition) is 4. The molecule has 0 saturated carbocycles. The van der Waals surface area contributed by atoms with Crippen LogP contribution in [0, 0.1) is 5.92 Å². The van der Waals surface area contributed by atoms with Crippen molar-refractivity contribution in [2.45, 2.75) is 19.4 Å². The minimum atomic E-state index is 0.421. The summed E-state index contributed by atoms with van der Waals surface area (Å²) in [5.74, 6) is 1.40. The van der Waals surface area contributed by atoms with Gasteiger partial charge in [-0.1, -0.05) is 41.4 Å². The highest BCUT2D eigenvalue weighted by atomic mass is 35.5. The summed E-state index contributed by atoms with van der Waals surface area (Å²) in [5.41, 5.74) is 1.21. The van der Waals surface area contributed by atoms with Crippen LogP contribution in [-0.4, -0.2) is 34.5 Å². The molecule has 0 bridgehead atoms. The van der Waals surface area contributed by atoms with E-state index in [0.29, 0.717) is 11.1 Å². The Morgan fingerprint density at radius 3 is 2.65 bits per heavy atom. The van der Waals surface area contributed by atoms with Gasteiger partial charge in [-0.05, 0) is 43.5 Å². The second-order valence-corrected chi connectivity index (χ2v) is 6.71. The van der Waals surface area contributed by atoms with Gasteiger partial charge < -0.3 is 5.32 Å². The van der Waals surface area contributed by atoms with Crippen molar-refractivity contribution in [3.63, 3.8) is 0 Å². The van der Waals surface area contributed by atoms with Crippen LogP contribution in [0.25, 0.3) is 0 Å². The standard InChI is InChI=1S/C17H20Cl2N4/c18-15-4-2-1-3-14(15)12-23-7-5-13(6-8-23)9-21-17-11-20-10-16(19)22-17/h1-4,10-11,13H,5-9,12H2,(H,21,22). The molecule has 122 valence electrons. The van der Waals surface area contributed by atoms with Crippen LogP contribution in [0.3, 0.4) is 0 Å². The fourth-order valence-electron chi connectivity index (χ4n) is 2.89. The van der Waals surface area contributed by atoms with E-state index in [4.69, 9.17) is 23.2 Å². The first-order valence-corrected chi connectivity index (χ1v) is 8.63. The molecule has 1 saturated heterocycles. The number of nitrogens with zero attached hydrogens (tertiary/aromatic N) is 3. The van der Waals surface area contributed by atoms with Gasteiger partial charge in [0.25, 0.3) is 0 Å². The maximum atomic E-state index is 6.24. The molecule has 23 heavy (non-hydrogen) atoms. The highest BCUT2D eigenvalue weighted by Gasteiger charge is 2.19. The zero-order valence-corrected chi connectivity index (χ0v) is 14.4. The predicted molar refractivity (Wildman–Crippen MR) is 95.0 cm³/mol. The summed E-state index contributed by atoms with van der Waals surface area (Å²) >= 11 is 12.1. The number of hydrogen-bond donors (Lipinski definition) is 1. The normalized spacial score (nSPS) is 16.4. The Bertz CT molecular complexity index is 642. The van der Waals surface area contributed by atoms with E-state index in [1.165, 1.54) is 18.4 Å². The number of nitrogens with one attached hydrogen (secondary N) is 1. The lowest BCUT2D eigenvalue weighted by Crippen LogP contribution is -2.35. The van der Waals surface area contributed by atoms with E-state index < -0.39 is 0 Å². The average Bonchev–Trinajstić information content (AvgIpc) is 2.56. The van der Waals surface area contributed by atoms with Gasteiger partial charge in [0.15, 0.2) is 0 Å². The van der Waals surface area contributed by atoms with E-state index >= 15 is 0 Å². The number of anilines is 1.